The molecule has 27 heavy (non-hydrogen) atoms. The molecule has 2 heterocycles. The summed E-state index contributed by atoms with van der Waals surface area (Å²) in [5, 5.41) is 0. The third-order valence-electron chi connectivity index (χ3n) is 5.71. The number of nitrogens with zero attached hydrogens (tertiary/aromatic N) is 2. The van der Waals surface area contributed by atoms with Gasteiger partial charge in [0.25, 0.3) is 0 Å². The molecule has 1 saturated heterocycles. The summed E-state index contributed by atoms with van der Waals surface area (Å²) in [6.07, 6.45) is 2.66. The van der Waals surface area contributed by atoms with Gasteiger partial charge in [0, 0.05) is 24.7 Å². The van der Waals surface area contributed by atoms with Crippen molar-refractivity contribution in [2.24, 2.45) is 5.92 Å². The van der Waals surface area contributed by atoms with Crippen LogP contribution in [0.2, 0.25) is 0 Å². The predicted octanol–water partition coefficient (Wildman–Crippen LogP) is 3.64. The minimum absolute atomic E-state index is 0.0833. The lowest BCUT2D eigenvalue weighted by molar-refractivity contribution is -0.123. The number of carbonyl (C=O) groups is 1. The van der Waals surface area contributed by atoms with Gasteiger partial charge in [-0.3, -0.25) is 9.69 Å². The smallest absolute Gasteiger partial charge is 0.230 e. The molecule has 2 aromatic rings. The molecule has 1 fully saturated rings. The van der Waals surface area contributed by atoms with Crippen molar-refractivity contribution in [3.8, 4) is 5.75 Å². The number of halogens is 1. The lowest BCUT2D eigenvalue weighted by atomic mass is 9.95. The summed E-state index contributed by atoms with van der Waals surface area (Å²) in [6.45, 7) is 3.22. The quantitative estimate of drug-likeness (QED) is 0.826. The molecule has 0 unspecified atom stereocenters. The number of ether oxygens (including phenoxy) is 1. The second kappa shape index (κ2) is 7.69. The van der Waals surface area contributed by atoms with E-state index in [-0.39, 0.29) is 23.4 Å². The first kappa shape index (κ1) is 18.0. The van der Waals surface area contributed by atoms with Gasteiger partial charge in [0.05, 0.1) is 7.11 Å². The molecule has 0 spiro atoms. The van der Waals surface area contributed by atoms with Crippen molar-refractivity contribution in [3.05, 3.63) is 59.4 Å². The second-order valence-electron chi connectivity index (χ2n) is 7.39. The fourth-order valence-electron chi connectivity index (χ4n) is 4.19. The number of hydrogen-bond donors (Lipinski definition) is 0. The van der Waals surface area contributed by atoms with Gasteiger partial charge in [-0.1, -0.05) is 24.3 Å². The fourth-order valence-corrected chi connectivity index (χ4v) is 4.19. The monoisotopic (exact) mass is 368 g/mol. The van der Waals surface area contributed by atoms with Crippen LogP contribution in [0.3, 0.4) is 0 Å². The number of rotatable bonds is 4. The number of benzene rings is 2. The van der Waals surface area contributed by atoms with Crippen LogP contribution in [0.4, 0.5) is 10.1 Å². The molecule has 5 heteroatoms. The number of para-hydroxylation sites is 1. The Labute approximate surface area is 159 Å². The van der Waals surface area contributed by atoms with Gasteiger partial charge < -0.3 is 9.64 Å². The van der Waals surface area contributed by atoms with Crippen molar-refractivity contribution in [2.45, 2.75) is 25.8 Å². The van der Waals surface area contributed by atoms with Crippen LogP contribution in [0.15, 0.2) is 42.5 Å². The van der Waals surface area contributed by atoms with Crippen LogP contribution < -0.4 is 9.64 Å². The van der Waals surface area contributed by atoms with Crippen LogP contribution in [-0.2, 0) is 17.8 Å². The highest BCUT2D eigenvalue weighted by Crippen LogP contribution is 2.31. The lowest BCUT2D eigenvalue weighted by Crippen LogP contribution is -2.41. The van der Waals surface area contributed by atoms with Crippen molar-refractivity contribution in [1.29, 1.82) is 0 Å². The molecule has 2 aromatic carbocycles. The van der Waals surface area contributed by atoms with Crippen molar-refractivity contribution in [2.75, 3.05) is 31.6 Å². The first-order valence-corrected chi connectivity index (χ1v) is 9.60. The molecule has 4 nitrogen and oxygen atoms in total. The van der Waals surface area contributed by atoms with Crippen LogP contribution in [0.25, 0.3) is 0 Å². The number of methoxy groups -OCH3 is 1. The first-order valence-electron chi connectivity index (χ1n) is 9.60. The summed E-state index contributed by atoms with van der Waals surface area (Å²) < 4.78 is 18.8. The number of hydrogen-bond acceptors (Lipinski definition) is 3. The molecule has 1 amide bonds. The Balaban J connectivity index is 1.34. The normalized spacial score (nSPS) is 17.8. The summed E-state index contributed by atoms with van der Waals surface area (Å²) >= 11 is 0. The Morgan fingerprint density at radius 2 is 1.93 bits per heavy atom. The van der Waals surface area contributed by atoms with E-state index in [0.29, 0.717) is 6.54 Å². The fraction of sp³-hybridized carbons (Fsp3) is 0.409. The number of anilines is 1. The summed E-state index contributed by atoms with van der Waals surface area (Å²) in [7, 11) is 1.47. The van der Waals surface area contributed by atoms with E-state index in [0.717, 1.165) is 50.1 Å². The highest BCUT2D eigenvalue weighted by atomic mass is 19.1. The number of piperidine rings is 1. The Kier molecular flexibility index (Phi) is 5.12. The Morgan fingerprint density at radius 3 is 2.67 bits per heavy atom. The van der Waals surface area contributed by atoms with E-state index in [1.807, 2.05) is 29.2 Å². The topological polar surface area (TPSA) is 32.8 Å². The minimum atomic E-state index is -0.326. The molecule has 0 bridgehead atoms. The molecule has 0 radical (unpaired) electrons. The lowest BCUT2D eigenvalue weighted by Gasteiger charge is -2.33. The average Bonchev–Trinajstić information content (AvgIpc) is 3.12. The standard InChI is InChI=1S/C22H25FN2O2/c1-27-21-7-6-16(14-19(21)23)15-24-11-8-18(9-12-24)22(26)25-13-10-17-4-2-3-5-20(17)25/h2-7,14,18H,8-13,15H2,1H3. The molecule has 2 aliphatic rings. The summed E-state index contributed by atoms with van der Waals surface area (Å²) in [4.78, 5) is 17.2. The molecule has 0 saturated carbocycles. The maximum Gasteiger partial charge on any atom is 0.230 e. The number of likely N-dealkylation sites (tertiary alicyclic amines) is 1. The van der Waals surface area contributed by atoms with Gasteiger partial charge >= 0.3 is 0 Å². The largest absolute Gasteiger partial charge is 0.494 e. The molecule has 0 aromatic heterocycles. The third-order valence-corrected chi connectivity index (χ3v) is 5.71. The van der Waals surface area contributed by atoms with Crippen molar-refractivity contribution < 1.29 is 13.9 Å². The van der Waals surface area contributed by atoms with E-state index in [2.05, 4.69) is 11.0 Å². The first-order chi connectivity index (χ1) is 13.2. The van der Waals surface area contributed by atoms with Crippen molar-refractivity contribution in [1.82, 2.24) is 4.90 Å². The highest BCUT2D eigenvalue weighted by Gasteiger charge is 2.32. The number of fused-ring (bicyclic) bond motifs is 1. The van der Waals surface area contributed by atoms with E-state index in [4.69, 9.17) is 4.74 Å². The van der Waals surface area contributed by atoms with Crippen LogP contribution in [0.5, 0.6) is 5.75 Å². The van der Waals surface area contributed by atoms with Crippen LogP contribution in [0, 0.1) is 11.7 Å². The van der Waals surface area contributed by atoms with Gasteiger partial charge in [0.15, 0.2) is 11.6 Å². The molecule has 4 rings (SSSR count). The maximum atomic E-state index is 13.9. The van der Waals surface area contributed by atoms with Crippen LogP contribution in [-0.4, -0.2) is 37.6 Å². The molecular formula is C22H25FN2O2. The Morgan fingerprint density at radius 1 is 1.15 bits per heavy atom. The summed E-state index contributed by atoms with van der Waals surface area (Å²) in [6, 6.07) is 13.3. The predicted molar refractivity (Wildman–Crippen MR) is 103 cm³/mol. The molecule has 0 aliphatic carbocycles. The van der Waals surface area contributed by atoms with Gasteiger partial charge in [-0.15, -0.1) is 0 Å². The minimum Gasteiger partial charge on any atom is -0.494 e. The van der Waals surface area contributed by atoms with Gasteiger partial charge in [-0.25, -0.2) is 4.39 Å². The Bertz CT molecular complexity index is 831. The zero-order valence-electron chi connectivity index (χ0n) is 15.7. The van der Waals surface area contributed by atoms with E-state index in [1.54, 1.807) is 6.07 Å². The third kappa shape index (κ3) is 3.69. The zero-order chi connectivity index (χ0) is 18.8. The Hall–Kier alpha value is -2.40. The van der Waals surface area contributed by atoms with Crippen molar-refractivity contribution in [3.63, 3.8) is 0 Å². The van der Waals surface area contributed by atoms with Crippen LogP contribution >= 0.6 is 0 Å². The van der Waals surface area contributed by atoms with Gasteiger partial charge in [-0.2, -0.15) is 0 Å². The highest BCUT2D eigenvalue weighted by molar-refractivity contribution is 5.97. The van der Waals surface area contributed by atoms with E-state index < -0.39 is 0 Å². The van der Waals surface area contributed by atoms with E-state index in [1.165, 1.54) is 18.7 Å². The number of carbonyl (C=O) groups excluding carboxylic acids is 1. The molecule has 142 valence electrons. The molecular weight excluding hydrogens is 343 g/mol. The molecule has 0 atom stereocenters. The summed E-state index contributed by atoms with van der Waals surface area (Å²) in [5.74, 6) is 0.289. The zero-order valence-corrected chi connectivity index (χ0v) is 15.7. The molecule has 2 aliphatic heterocycles. The van der Waals surface area contributed by atoms with Crippen molar-refractivity contribution >= 4 is 11.6 Å². The van der Waals surface area contributed by atoms with E-state index in [9.17, 15) is 9.18 Å². The SMILES string of the molecule is COc1ccc(CN2CCC(C(=O)N3CCc4ccccc43)CC2)cc1F. The maximum absolute atomic E-state index is 13.9. The van der Waals surface area contributed by atoms with E-state index >= 15 is 0 Å². The van der Waals surface area contributed by atoms with Gasteiger partial charge in [0.2, 0.25) is 5.91 Å². The van der Waals surface area contributed by atoms with Gasteiger partial charge in [-0.05, 0) is 61.7 Å². The van der Waals surface area contributed by atoms with Gasteiger partial charge in [0.1, 0.15) is 0 Å². The van der Waals surface area contributed by atoms with Crippen LogP contribution in [0.1, 0.15) is 24.0 Å². The number of amides is 1. The average molecular weight is 368 g/mol. The molecule has 0 N–H and O–H groups in total. The summed E-state index contributed by atoms with van der Waals surface area (Å²) in [5.41, 5.74) is 3.29. The second-order valence-corrected chi connectivity index (χ2v) is 7.39.